The maximum absolute atomic E-state index is 2.55. The molecule has 0 unspecified atom stereocenters. The van der Waals surface area contributed by atoms with Gasteiger partial charge < -0.3 is 24.8 Å². The van der Waals surface area contributed by atoms with Crippen molar-refractivity contribution in [2.45, 2.75) is 32.4 Å². The summed E-state index contributed by atoms with van der Waals surface area (Å²) in [5.74, 6) is 0. The fraction of sp³-hybridized carbons (Fsp3) is 0.227. The molecular formula is C22H21Cl2SiZr. The van der Waals surface area contributed by atoms with Gasteiger partial charge in [-0.05, 0) is 6.42 Å². The van der Waals surface area contributed by atoms with Crippen LogP contribution in [0.5, 0.6) is 0 Å². The minimum atomic E-state index is -1.30. The van der Waals surface area contributed by atoms with Gasteiger partial charge in [-0.15, -0.1) is 33.7 Å². The number of rotatable bonds is 3. The van der Waals surface area contributed by atoms with Crippen molar-refractivity contribution in [3.05, 3.63) is 60.2 Å². The van der Waals surface area contributed by atoms with E-state index in [1.165, 1.54) is 33.6 Å². The van der Waals surface area contributed by atoms with Crippen LogP contribution in [0.25, 0.3) is 27.1 Å². The first kappa shape index (κ1) is 21.8. The van der Waals surface area contributed by atoms with Crippen molar-refractivity contribution < 1.29 is 51.0 Å². The van der Waals surface area contributed by atoms with Crippen LogP contribution in [0.2, 0.25) is 12.1 Å². The normalized spacial score (nSPS) is 15.7. The van der Waals surface area contributed by atoms with Gasteiger partial charge in [0.15, 0.2) is 0 Å². The molecule has 3 aromatic rings. The molecule has 2 aliphatic rings. The van der Waals surface area contributed by atoms with Gasteiger partial charge in [0.25, 0.3) is 0 Å². The third kappa shape index (κ3) is 2.76. The molecule has 1 aliphatic carbocycles. The largest absolute Gasteiger partial charge is 3.00 e. The van der Waals surface area contributed by atoms with E-state index in [0.29, 0.717) is 0 Å². The predicted molar refractivity (Wildman–Crippen MR) is 105 cm³/mol. The zero-order valence-corrected chi connectivity index (χ0v) is 20.0. The van der Waals surface area contributed by atoms with E-state index in [2.05, 4.69) is 68.5 Å². The second-order valence-electron chi connectivity index (χ2n) is 6.98. The fourth-order valence-corrected chi connectivity index (χ4v) is 9.46. The number of fused-ring (bicyclic) bond motifs is 4. The summed E-state index contributed by atoms with van der Waals surface area (Å²) in [6.45, 7) is 4.81. The molecule has 0 bridgehead atoms. The fourth-order valence-electron chi connectivity index (χ4n) is 4.80. The van der Waals surface area contributed by atoms with Gasteiger partial charge in [0.2, 0.25) is 0 Å². The average Bonchev–Trinajstić information content (AvgIpc) is 2.95. The molecule has 4 heteroatoms. The quantitative estimate of drug-likeness (QED) is 0.336. The molecule has 1 aliphatic heterocycles. The average molecular weight is 476 g/mol. The SMILES string of the molecule is CC[Si]1(CC)c2cc3c([cH-]c4ccccc43)c(C3=CC=CC3)c21.[Cl-].[Cl-].[Zr+3]. The van der Waals surface area contributed by atoms with Crippen molar-refractivity contribution >= 4 is 45.6 Å². The van der Waals surface area contributed by atoms with Gasteiger partial charge in [-0.3, -0.25) is 0 Å². The molecule has 5 rings (SSSR count). The van der Waals surface area contributed by atoms with Crippen LogP contribution < -0.4 is 35.2 Å². The number of allylic oxidation sites excluding steroid dienone is 4. The Hall–Kier alpha value is -0.530. The van der Waals surface area contributed by atoms with Crippen LogP contribution in [-0.2, 0) is 26.2 Å². The van der Waals surface area contributed by atoms with E-state index < -0.39 is 8.07 Å². The molecule has 1 heterocycles. The van der Waals surface area contributed by atoms with Gasteiger partial charge in [-0.25, -0.2) is 0 Å². The summed E-state index contributed by atoms with van der Waals surface area (Å²) in [4.78, 5) is 0. The zero-order chi connectivity index (χ0) is 15.6. The molecule has 1 radical (unpaired) electrons. The van der Waals surface area contributed by atoms with Crippen molar-refractivity contribution in [1.82, 2.24) is 0 Å². The molecule has 0 fully saturated rings. The Morgan fingerprint density at radius 2 is 1.77 bits per heavy atom. The molecule has 3 aromatic carbocycles. The van der Waals surface area contributed by atoms with E-state index in [9.17, 15) is 0 Å². The van der Waals surface area contributed by atoms with Gasteiger partial charge in [0.05, 0.1) is 0 Å². The summed E-state index contributed by atoms with van der Waals surface area (Å²) in [6, 6.07) is 16.6. The Labute approximate surface area is 188 Å². The number of halogens is 2. The minimum Gasteiger partial charge on any atom is -1.00 e. The first-order chi connectivity index (χ1) is 11.3. The number of hydrogen-bond donors (Lipinski definition) is 0. The molecule has 0 spiro atoms. The molecule has 0 saturated carbocycles. The molecule has 0 nitrogen and oxygen atoms in total. The third-order valence-electron chi connectivity index (χ3n) is 6.15. The van der Waals surface area contributed by atoms with Crippen molar-refractivity contribution in [3.63, 3.8) is 0 Å². The van der Waals surface area contributed by atoms with E-state index in [1.54, 1.807) is 21.5 Å². The van der Waals surface area contributed by atoms with Gasteiger partial charge in [-0.1, -0.05) is 89.9 Å². The first-order valence-electron chi connectivity index (χ1n) is 8.82. The molecular weight excluding hydrogens is 454 g/mol. The van der Waals surface area contributed by atoms with Crippen LogP contribution in [0.15, 0.2) is 54.6 Å². The van der Waals surface area contributed by atoms with Gasteiger partial charge in [0.1, 0.15) is 8.07 Å². The second-order valence-corrected chi connectivity index (χ2v) is 11.6. The molecule has 0 atom stereocenters. The molecule has 0 aromatic heterocycles. The number of benzene rings is 2. The summed E-state index contributed by atoms with van der Waals surface area (Å²) in [7, 11) is -1.30. The molecule has 0 amide bonds. The Kier molecular flexibility index (Phi) is 6.56. The maximum atomic E-state index is 2.55. The van der Waals surface area contributed by atoms with Gasteiger partial charge in [-0.2, -0.15) is 0 Å². The smallest absolute Gasteiger partial charge is 1.00 e. The molecule has 0 N–H and O–H groups in total. The van der Waals surface area contributed by atoms with Crippen molar-refractivity contribution in [1.29, 1.82) is 0 Å². The predicted octanol–water partition coefficient (Wildman–Crippen LogP) is -1.02. The van der Waals surface area contributed by atoms with Crippen LogP contribution in [0, 0.1) is 0 Å². The summed E-state index contributed by atoms with van der Waals surface area (Å²) in [5.41, 5.74) is 3.15. The summed E-state index contributed by atoms with van der Waals surface area (Å²) in [6.07, 6.45) is 7.97. The van der Waals surface area contributed by atoms with E-state index in [0.717, 1.165) is 6.42 Å². The van der Waals surface area contributed by atoms with E-state index in [4.69, 9.17) is 0 Å². The van der Waals surface area contributed by atoms with Crippen LogP contribution in [-0.4, -0.2) is 8.07 Å². The van der Waals surface area contributed by atoms with Crippen LogP contribution >= 0.6 is 0 Å². The van der Waals surface area contributed by atoms with Crippen molar-refractivity contribution in [2.24, 2.45) is 0 Å². The van der Waals surface area contributed by atoms with Crippen LogP contribution in [0.4, 0.5) is 0 Å². The van der Waals surface area contributed by atoms with Crippen molar-refractivity contribution in [3.8, 4) is 0 Å². The van der Waals surface area contributed by atoms with Gasteiger partial charge in [0, 0.05) is 0 Å². The molecule has 0 saturated heterocycles. The monoisotopic (exact) mass is 473 g/mol. The van der Waals surface area contributed by atoms with Crippen LogP contribution in [0.3, 0.4) is 0 Å². The Bertz CT molecular complexity index is 1030. The first-order valence-corrected chi connectivity index (χ1v) is 11.2. The summed E-state index contributed by atoms with van der Waals surface area (Å²) in [5, 5.41) is 9.32. The summed E-state index contributed by atoms with van der Waals surface area (Å²) >= 11 is 0. The third-order valence-corrected chi connectivity index (χ3v) is 11.2. The molecule has 26 heavy (non-hydrogen) atoms. The van der Waals surface area contributed by atoms with E-state index in [-0.39, 0.29) is 51.0 Å². The van der Waals surface area contributed by atoms with E-state index in [1.807, 2.05) is 0 Å². The van der Waals surface area contributed by atoms with Crippen molar-refractivity contribution in [2.75, 3.05) is 0 Å². The minimum absolute atomic E-state index is 0. The second kappa shape index (κ2) is 7.84. The standard InChI is InChI=1S/C22H21Si.2ClH.Zr/c1-3-23(4-2)20-14-18-17-12-8-7-11-16(17)13-19(18)21(22(20)23)15-9-5-6-10-15;;;/h5-9,11-14H,3-4,10H2,1-2H3;2*1H;/q-1;;;+3/p-2. The van der Waals surface area contributed by atoms with Crippen LogP contribution in [0.1, 0.15) is 25.8 Å². The number of hydrogen-bond acceptors (Lipinski definition) is 0. The Morgan fingerprint density at radius 1 is 1.04 bits per heavy atom. The molecule has 131 valence electrons. The zero-order valence-electron chi connectivity index (χ0n) is 15.1. The summed E-state index contributed by atoms with van der Waals surface area (Å²) < 4.78 is 0. The maximum Gasteiger partial charge on any atom is 3.00 e. The Balaban J connectivity index is 0.000000810. The Morgan fingerprint density at radius 3 is 2.42 bits per heavy atom. The topological polar surface area (TPSA) is 0 Å². The van der Waals surface area contributed by atoms with E-state index >= 15 is 0 Å². The van der Waals surface area contributed by atoms with Gasteiger partial charge >= 0.3 is 26.2 Å².